The fourth-order valence-electron chi connectivity index (χ4n) is 3.72. The van der Waals surface area contributed by atoms with E-state index in [1.807, 2.05) is 19.2 Å². The minimum atomic E-state index is -0.289. The number of carbonyl (C=O) groups is 2. The highest BCUT2D eigenvalue weighted by molar-refractivity contribution is 5.94. The van der Waals surface area contributed by atoms with Crippen LogP contribution in [-0.2, 0) is 29.1 Å². The van der Waals surface area contributed by atoms with Gasteiger partial charge in [-0.25, -0.2) is 9.37 Å². The van der Waals surface area contributed by atoms with E-state index in [1.54, 1.807) is 30.3 Å². The first-order valence-electron chi connectivity index (χ1n) is 9.94. The topological polar surface area (TPSA) is 67.2 Å². The van der Waals surface area contributed by atoms with Crippen LogP contribution in [0.3, 0.4) is 0 Å². The number of anilines is 1. The summed E-state index contributed by atoms with van der Waals surface area (Å²) < 4.78 is 15.8. The highest BCUT2D eigenvalue weighted by Gasteiger charge is 2.16. The van der Waals surface area contributed by atoms with Crippen LogP contribution in [0.4, 0.5) is 10.2 Å². The van der Waals surface area contributed by atoms with Crippen LogP contribution in [-0.4, -0.2) is 33.3 Å². The molecule has 1 N–H and O–H groups in total. The summed E-state index contributed by atoms with van der Waals surface area (Å²) in [6, 6.07) is 6.67. The zero-order valence-electron chi connectivity index (χ0n) is 17.0. The van der Waals surface area contributed by atoms with Crippen molar-refractivity contribution < 1.29 is 14.0 Å². The normalized spacial score (nSPS) is 13.5. The quantitative estimate of drug-likeness (QED) is 0.656. The number of hydrogen-bond acceptors (Lipinski definition) is 3. The summed E-state index contributed by atoms with van der Waals surface area (Å²) in [7, 11) is 1.72. The third-order valence-electron chi connectivity index (χ3n) is 5.34. The number of hydrogen-bond donors (Lipinski definition) is 1. The van der Waals surface area contributed by atoms with Gasteiger partial charge in [-0.05, 0) is 60.4 Å². The first-order valence-corrected chi connectivity index (χ1v) is 9.94. The van der Waals surface area contributed by atoms with Gasteiger partial charge in [-0.1, -0.05) is 0 Å². The lowest BCUT2D eigenvalue weighted by atomic mass is 10.0. The van der Waals surface area contributed by atoms with Gasteiger partial charge in [-0.2, -0.15) is 0 Å². The van der Waals surface area contributed by atoms with Gasteiger partial charge in [0.25, 0.3) is 0 Å². The summed E-state index contributed by atoms with van der Waals surface area (Å²) in [5.74, 6) is 0.114. The molecule has 0 atom stereocenters. The first kappa shape index (κ1) is 19.8. The zero-order chi connectivity index (χ0) is 21.3. The Kier molecular flexibility index (Phi) is 5.35. The lowest BCUT2D eigenvalue weighted by molar-refractivity contribution is -0.125. The Balaban J connectivity index is 1.49. The van der Waals surface area contributed by atoms with Crippen LogP contribution in [0.5, 0.6) is 0 Å². The van der Waals surface area contributed by atoms with Gasteiger partial charge in [0, 0.05) is 55.9 Å². The van der Waals surface area contributed by atoms with Crippen molar-refractivity contribution in [2.75, 3.05) is 12.4 Å². The Labute approximate surface area is 174 Å². The molecule has 0 spiro atoms. The molecule has 3 aromatic rings. The van der Waals surface area contributed by atoms with Crippen molar-refractivity contribution in [2.45, 2.75) is 32.9 Å². The number of aryl methyl sites for hydroxylation is 2. The number of rotatable bonds is 5. The number of carbonyl (C=O) groups excluding carboxylic acids is 2. The molecule has 4 rings (SSSR count). The van der Waals surface area contributed by atoms with Crippen LogP contribution in [0.2, 0.25) is 0 Å². The minimum absolute atomic E-state index is 0.0283. The summed E-state index contributed by atoms with van der Waals surface area (Å²) in [6.45, 7) is 3.18. The van der Waals surface area contributed by atoms with Crippen LogP contribution in [0.15, 0.2) is 42.7 Å². The standard InChI is InChI=1S/C23H23FN4O2/c1-3-28-14-17(19-11-18(24)6-7-20(19)28)13-27(2)22(30)9-4-15-10-16-5-8-21(29)26-23(16)25-12-15/h4,6-7,9-12,14H,3,5,8,13H2,1-2H3,(H,25,26,29)/b9-4+. The molecule has 1 aliphatic heterocycles. The number of likely N-dealkylation sites (N-methyl/N-ethyl adjacent to an activating group) is 1. The predicted octanol–water partition coefficient (Wildman–Crippen LogP) is 3.75. The lowest BCUT2D eigenvalue weighted by Gasteiger charge is -2.16. The molecular weight excluding hydrogens is 383 g/mol. The van der Waals surface area contributed by atoms with Crippen molar-refractivity contribution in [1.29, 1.82) is 0 Å². The lowest BCUT2D eigenvalue weighted by Crippen LogP contribution is -2.24. The van der Waals surface area contributed by atoms with E-state index in [1.165, 1.54) is 18.2 Å². The SMILES string of the molecule is CCn1cc(CN(C)C(=O)/C=C/c2cnc3c(c2)CCC(=O)N3)c2cc(F)ccc21. The van der Waals surface area contributed by atoms with Gasteiger partial charge in [0.1, 0.15) is 11.6 Å². The molecule has 1 aromatic carbocycles. The Hall–Kier alpha value is -3.48. The molecule has 7 heteroatoms. The molecule has 30 heavy (non-hydrogen) atoms. The van der Waals surface area contributed by atoms with Crippen molar-refractivity contribution in [3.05, 3.63) is 65.2 Å². The smallest absolute Gasteiger partial charge is 0.246 e. The number of amides is 2. The number of pyridine rings is 1. The van der Waals surface area contributed by atoms with E-state index in [9.17, 15) is 14.0 Å². The van der Waals surface area contributed by atoms with Crippen LogP contribution >= 0.6 is 0 Å². The molecule has 0 saturated heterocycles. The number of nitrogens with zero attached hydrogens (tertiary/aromatic N) is 3. The van der Waals surface area contributed by atoms with Crippen LogP contribution in [0.25, 0.3) is 17.0 Å². The first-order chi connectivity index (χ1) is 14.4. The van der Waals surface area contributed by atoms with Crippen molar-refractivity contribution in [1.82, 2.24) is 14.5 Å². The maximum atomic E-state index is 13.7. The second-order valence-electron chi connectivity index (χ2n) is 7.45. The predicted molar refractivity (Wildman–Crippen MR) is 114 cm³/mol. The highest BCUT2D eigenvalue weighted by atomic mass is 19.1. The second kappa shape index (κ2) is 8.10. The molecule has 0 aliphatic carbocycles. The van der Waals surface area contributed by atoms with E-state index >= 15 is 0 Å². The number of aromatic nitrogens is 2. The second-order valence-corrected chi connectivity index (χ2v) is 7.45. The van der Waals surface area contributed by atoms with Gasteiger partial charge in [0.15, 0.2) is 0 Å². The summed E-state index contributed by atoms with van der Waals surface area (Å²) in [5, 5.41) is 3.57. The van der Waals surface area contributed by atoms with Crippen molar-refractivity contribution in [2.24, 2.45) is 0 Å². The molecule has 2 aromatic heterocycles. The molecule has 0 bridgehead atoms. The number of halogens is 1. The fourth-order valence-corrected chi connectivity index (χ4v) is 3.72. The molecule has 0 radical (unpaired) electrons. The van der Waals surface area contributed by atoms with Crippen LogP contribution in [0, 0.1) is 5.82 Å². The number of nitrogens with one attached hydrogen (secondary N) is 1. The third kappa shape index (κ3) is 3.96. The summed E-state index contributed by atoms with van der Waals surface area (Å²) in [6.07, 6.45) is 7.91. The molecule has 1 aliphatic rings. The van der Waals surface area contributed by atoms with Gasteiger partial charge < -0.3 is 14.8 Å². The van der Waals surface area contributed by atoms with Crippen molar-refractivity contribution in [3.63, 3.8) is 0 Å². The van der Waals surface area contributed by atoms with E-state index in [0.29, 0.717) is 25.2 Å². The molecule has 3 heterocycles. The summed E-state index contributed by atoms with van der Waals surface area (Å²) in [4.78, 5) is 29.9. The molecule has 2 amide bonds. The Bertz CT molecular complexity index is 1170. The zero-order valence-corrected chi connectivity index (χ0v) is 17.0. The molecule has 6 nitrogen and oxygen atoms in total. The molecule has 154 valence electrons. The Morgan fingerprint density at radius 2 is 2.17 bits per heavy atom. The minimum Gasteiger partial charge on any atom is -0.347 e. The van der Waals surface area contributed by atoms with Gasteiger partial charge in [0.2, 0.25) is 11.8 Å². The maximum absolute atomic E-state index is 13.7. The van der Waals surface area contributed by atoms with Gasteiger partial charge in [0.05, 0.1) is 0 Å². The fraction of sp³-hybridized carbons (Fsp3) is 0.261. The Morgan fingerprint density at radius 1 is 1.33 bits per heavy atom. The third-order valence-corrected chi connectivity index (χ3v) is 5.34. The van der Waals surface area contributed by atoms with Crippen molar-refractivity contribution in [3.8, 4) is 0 Å². The van der Waals surface area contributed by atoms with Crippen LogP contribution < -0.4 is 5.32 Å². The molecule has 0 unspecified atom stereocenters. The Morgan fingerprint density at radius 3 is 2.97 bits per heavy atom. The monoisotopic (exact) mass is 406 g/mol. The van der Waals surface area contributed by atoms with Gasteiger partial charge in [-0.15, -0.1) is 0 Å². The highest BCUT2D eigenvalue weighted by Crippen LogP contribution is 2.24. The van der Waals surface area contributed by atoms with E-state index in [0.717, 1.165) is 34.1 Å². The molecule has 0 fully saturated rings. The van der Waals surface area contributed by atoms with E-state index in [2.05, 4.69) is 14.9 Å². The largest absolute Gasteiger partial charge is 0.347 e. The van der Waals surface area contributed by atoms with Gasteiger partial charge in [-0.3, -0.25) is 9.59 Å². The van der Waals surface area contributed by atoms with Crippen molar-refractivity contribution >= 4 is 34.6 Å². The number of benzene rings is 1. The summed E-state index contributed by atoms with van der Waals surface area (Å²) in [5.41, 5.74) is 3.63. The van der Waals surface area contributed by atoms with E-state index in [4.69, 9.17) is 0 Å². The molecular formula is C23H23FN4O2. The van der Waals surface area contributed by atoms with Gasteiger partial charge >= 0.3 is 0 Å². The van der Waals surface area contributed by atoms with E-state index < -0.39 is 0 Å². The van der Waals surface area contributed by atoms with Crippen LogP contribution in [0.1, 0.15) is 30.0 Å². The number of fused-ring (bicyclic) bond motifs is 2. The maximum Gasteiger partial charge on any atom is 0.246 e. The van der Waals surface area contributed by atoms with E-state index in [-0.39, 0.29) is 17.6 Å². The summed E-state index contributed by atoms with van der Waals surface area (Å²) >= 11 is 0. The molecule has 0 saturated carbocycles. The average molecular weight is 406 g/mol. The average Bonchev–Trinajstić information content (AvgIpc) is 3.08.